The summed E-state index contributed by atoms with van der Waals surface area (Å²) in [5, 5.41) is 9.42. The van der Waals surface area contributed by atoms with E-state index in [0.717, 1.165) is 12.1 Å². The van der Waals surface area contributed by atoms with E-state index in [2.05, 4.69) is 4.98 Å². The number of hydrogen-bond donors (Lipinski definition) is 2. The van der Waals surface area contributed by atoms with Gasteiger partial charge < -0.3 is 15.7 Å². The van der Waals surface area contributed by atoms with Gasteiger partial charge in [-0.3, -0.25) is 4.79 Å². The molecule has 0 spiro atoms. The zero-order valence-corrected chi connectivity index (χ0v) is 10.5. The fourth-order valence-corrected chi connectivity index (χ4v) is 2.12. The number of aliphatic hydroxyl groups excluding tert-OH is 1. The highest BCUT2D eigenvalue weighted by molar-refractivity contribution is 5.97. The van der Waals surface area contributed by atoms with Crippen LogP contribution in [0.25, 0.3) is 0 Å². The summed E-state index contributed by atoms with van der Waals surface area (Å²) >= 11 is 0. The summed E-state index contributed by atoms with van der Waals surface area (Å²) in [6.07, 6.45) is -4.24. The van der Waals surface area contributed by atoms with Gasteiger partial charge in [-0.05, 0) is 25.0 Å². The van der Waals surface area contributed by atoms with E-state index in [1.54, 1.807) is 4.90 Å². The number of anilines is 1. The molecule has 0 aromatic carbocycles. The molecule has 20 heavy (non-hydrogen) atoms. The molecule has 0 aliphatic carbocycles. The lowest BCUT2D eigenvalue weighted by Gasteiger charge is -2.31. The van der Waals surface area contributed by atoms with Crippen LogP contribution in [0.3, 0.4) is 0 Å². The van der Waals surface area contributed by atoms with Crippen molar-refractivity contribution >= 4 is 11.7 Å². The van der Waals surface area contributed by atoms with Gasteiger partial charge in [0.05, 0.1) is 11.7 Å². The van der Waals surface area contributed by atoms with Gasteiger partial charge in [0, 0.05) is 13.1 Å². The Balaban J connectivity index is 2.39. The van der Waals surface area contributed by atoms with Crippen LogP contribution in [0.4, 0.5) is 19.0 Å². The molecule has 3 N–H and O–H groups in total. The Morgan fingerprint density at radius 2 is 1.95 bits per heavy atom. The average molecular weight is 289 g/mol. The summed E-state index contributed by atoms with van der Waals surface area (Å²) in [6, 6.07) is 1.78. The monoisotopic (exact) mass is 289 g/mol. The van der Waals surface area contributed by atoms with E-state index in [1.165, 1.54) is 0 Å². The molecule has 2 rings (SSSR count). The van der Waals surface area contributed by atoms with Crippen LogP contribution in [-0.2, 0) is 6.18 Å². The van der Waals surface area contributed by atoms with Crippen molar-refractivity contribution in [2.75, 3.05) is 18.0 Å². The largest absolute Gasteiger partial charge is 0.433 e. The number of pyridine rings is 1. The van der Waals surface area contributed by atoms with Crippen LogP contribution < -0.4 is 10.6 Å². The Morgan fingerprint density at radius 3 is 2.45 bits per heavy atom. The van der Waals surface area contributed by atoms with Crippen LogP contribution in [0.15, 0.2) is 12.1 Å². The number of aromatic nitrogens is 1. The Morgan fingerprint density at radius 1 is 1.35 bits per heavy atom. The maximum Gasteiger partial charge on any atom is 0.433 e. The first-order chi connectivity index (χ1) is 9.29. The molecule has 1 aromatic heterocycles. The zero-order valence-electron chi connectivity index (χ0n) is 10.5. The second-order valence-corrected chi connectivity index (χ2v) is 4.65. The lowest BCUT2D eigenvalue weighted by atomic mass is 10.1. The van der Waals surface area contributed by atoms with Gasteiger partial charge in [0.2, 0.25) is 0 Å². The summed E-state index contributed by atoms with van der Waals surface area (Å²) in [6.45, 7) is 0.658. The van der Waals surface area contributed by atoms with E-state index < -0.39 is 23.9 Å². The van der Waals surface area contributed by atoms with E-state index in [0.29, 0.717) is 25.9 Å². The SMILES string of the molecule is NC(=O)c1ccc(C(F)(F)F)nc1N1CCC(O)CC1. The van der Waals surface area contributed by atoms with Crippen molar-refractivity contribution in [1.82, 2.24) is 4.98 Å². The third-order valence-electron chi connectivity index (χ3n) is 3.20. The van der Waals surface area contributed by atoms with Crippen LogP contribution >= 0.6 is 0 Å². The second-order valence-electron chi connectivity index (χ2n) is 4.65. The molecule has 1 aliphatic rings. The van der Waals surface area contributed by atoms with Crippen molar-refractivity contribution in [3.05, 3.63) is 23.4 Å². The van der Waals surface area contributed by atoms with Crippen molar-refractivity contribution < 1.29 is 23.1 Å². The first-order valence-corrected chi connectivity index (χ1v) is 6.10. The van der Waals surface area contributed by atoms with Crippen LogP contribution in [0.5, 0.6) is 0 Å². The average Bonchev–Trinajstić information content (AvgIpc) is 2.37. The number of halogens is 3. The Bertz CT molecular complexity index is 511. The lowest BCUT2D eigenvalue weighted by molar-refractivity contribution is -0.141. The normalized spacial score (nSPS) is 17.3. The zero-order chi connectivity index (χ0) is 14.9. The third-order valence-corrected chi connectivity index (χ3v) is 3.20. The predicted molar refractivity (Wildman–Crippen MR) is 65.2 cm³/mol. The number of nitrogens with zero attached hydrogens (tertiary/aromatic N) is 2. The lowest BCUT2D eigenvalue weighted by Crippen LogP contribution is -2.38. The molecule has 5 nitrogen and oxygen atoms in total. The summed E-state index contributed by atoms with van der Waals surface area (Å²) < 4.78 is 38.1. The number of primary amides is 1. The van der Waals surface area contributed by atoms with E-state index >= 15 is 0 Å². The molecule has 2 heterocycles. The maximum absolute atomic E-state index is 12.7. The molecule has 8 heteroatoms. The number of amides is 1. The topological polar surface area (TPSA) is 79.5 Å². The van der Waals surface area contributed by atoms with Crippen molar-refractivity contribution in [3.63, 3.8) is 0 Å². The molecule has 110 valence electrons. The van der Waals surface area contributed by atoms with Crippen LogP contribution in [-0.4, -0.2) is 35.2 Å². The smallest absolute Gasteiger partial charge is 0.393 e. The van der Waals surface area contributed by atoms with Crippen LogP contribution in [0, 0.1) is 0 Å². The summed E-state index contributed by atoms with van der Waals surface area (Å²) in [4.78, 5) is 16.4. The van der Waals surface area contributed by atoms with E-state index in [4.69, 9.17) is 5.73 Å². The molecule has 0 saturated carbocycles. The van der Waals surface area contributed by atoms with E-state index in [1.807, 2.05) is 0 Å². The van der Waals surface area contributed by atoms with Gasteiger partial charge in [-0.1, -0.05) is 0 Å². The van der Waals surface area contributed by atoms with Crippen LogP contribution in [0.1, 0.15) is 28.9 Å². The minimum absolute atomic E-state index is 0.0469. The first kappa shape index (κ1) is 14.6. The quantitative estimate of drug-likeness (QED) is 0.856. The summed E-state index contributed by atoms with van der Waals surface area (Å²) in [5.74, 6) is -0.897. The Hall–Kier alpha value is -1.83. The van der Waals surface area contributed by atoms with Crippen molar-refractivity contribution in [2.45, 2.75) is 25.1 Å². The fourth-order valence-electron chi connectivity index (χ4n) is 2.12. The fraction of sp³-hybridized carbons (Fsp3) is 0.500. The number of piperidine rings is 1. The number of carbonyl (C=O) groups is 1. The second kappa shape index (κ2) is 5.28. The van der Waals surface area contributed by atoms with Gasteiger partial charge in [0.25, 0.3) is 5.91 Å². The highest BCUT2D eigenvalue weighted by Gasteiger charge is 2.34. The third kappa shape index (κ3) is 3.01. The number of nitrogens with two attached hydrogens (primary N) is 1. The molecule has 0 radical (unpaired) electrons. The van der Waals surface area contributed by atoms with E-state index in [9.17, 15) is 23.1 Å². The number of aliphatic hydroxyl groups is 1. The van der Waals surface area contributed by atoms with Gasteiger partial charge in [-0.25, -0.2) is 4.98 Å². The molecule has 0 atom stereocenters. The van der Waals surface area contributed by atoms with Gasteiger partial charge >= 0.3 is 6.18 Å². The molecule has 0 unspecified atom stereocenters. The van der Waals surface area contributed by atoms with E-state index in [-0.39, 0.29) is 11.4 Å². The first-order valence-electron chi connectivity index (χ1n) is 6.10. The highest BCUT2D eigenvalue weighted by Crippen LogP contribution is 2.31. The van der Waals surface area contributed by atoms with Gasteiger partial charge in [-0.2, -0.15) is 13.2 Å². The molecular formula is C12H14F3N3O2. The molecule has 1 aromatic rings. The van der Waals surface area contributed by atoms with Crippen LogP contribution in [0.2, 0.25) is 0 Å². The minimum Gasteiger partial charge on any atom is -0.393 e. The maximum atomic E-state index is 12.7. The van der Waals surface area contributed by atoms with Crippen molar-refractivity contribution in [3.8, 4) is 0 Å². The van der Waals surface area contributed by atoms with Gasteiger partial charge in [-0.15, -0.1) is 0 Å². The Labute approximate surface area is 113 Å². The standard InChI is InChI=1S/C12H14F3N3O2/c13-12(14,15)9-2-1-8(10(16)20)11(17-9)18-5-3-7(19)4-6-18/h1-2,7,19H,3-6H2,(H2,16,20). The number of hydrogen-bond acceptors (Lipinski definition) is 4. The number of carbonyl (C=O) groups excluding carboxylic acids is 1. The van der Waals surface area contributed by atoms with Gasteiger partial charge in [0.15, 0.2) is 0 Å². The predicted octanol–water partition coefficient (Wildman–Crippen LogP) is 1.16. The number of rotatable bonds is 2. The van der Waals surface area contributed by atoms with Crippen molar-refractivity contribution in [2.24, 2.45) is 5.73 Å². The molecule has 1 amide bonds. The Kier molecular flexibility index (Phi) is 3.85. The summed E-state index contributed by atoms with van der Waals surface area (Å²) in [5.41, 5.74) is 4.06. The highest BCUT2D eigenvalue weighted by atomic mass is 19.4. The molecule has 1 saturated heterocycles. The van der Waals surface area contributed by atoms with Gasteiger partial charge in [0.1, 0.15) is 11.5 Å². The molecule has 1 aliphatic heterocycles. The number of alkyl halides is 3. The minimum atomic E-state index is -4.58. The van der Waals surface area contributed by atoms with Crippen molar-refractivity contribution in [1.29, 1.82) is 0 Å². The summed E-state index contributed by atoms with van der Waals surface area (Å²) in [7, 11) is 0. The molecule has 1 fully saturated rings. The molecular weight excluding hydrogens is 275 g/mol. The molecule has 0 bridgehead atoms.